The molecule has 0 amide bonds. The number of carbonyl (C=O) groups is 1. The van der Waals surface area contributed by atoms with E-state index < -0.39 is 21.7 Å². The van der Waals surface area contributed by atoms with E-state index in [9.17, 15) is 18.5 Å². The summed E-state index contributed by atoms with van der Waals surface area (Å²) in [6, 6.07) is 15.1. The van der Waals surface area contributed by atoms with Crippen molar-refractivity contribution in [2.45, 2.75) is 43.0 Å². The van der Waals surface area contributed by atoms with Crippen LogP contribution < -0.4 is 0 Å². The summed E-state index contributed by atoms with van der Waals surface area (Å²) in [5, 5.41) is 9.65. The average molecular weight is 423 g/mol. The minimum atomic E-state index is -3.71. The summed E-state index contributed by atoms with van der Waals surface area (Å²) in [7, 11) is -3.71. The monoisotopic (exact) mass is 422 g/mol. The van der Waals surface area contributed by atoms with E-state index in [0.717, 1.165) is 24.8 Å². The van der Waals surface area contributed by atoms with Crippen molar-refractivity contribution in [3.63, 3.8) is 0 Å². The lowest BCUT2D eigenvalue weighted by Gasteiger charge is -2.32. The molecule has 0 spiro atoms. The zero-order chi connectivity index (χ0) is 21.3. The molecule has 0 radical (unpaired) electrons. The number of hydrogen-bond donors (Lipinski definition) is 1. The third-order valence-electron chi connectivity index (χ3n) is 5.54. The zero-order valence-electron chi connectivity index (χ0n) is 16.6. The van der Waals surface area contributed by atoms with Crippen LogP contribution in [-0.4, -0.2) is 41.1 Å². The number of Topliss-reactive ketones (excluding diaryl/α,β-unsaturated/α-hetero) is 1. The normalized spacial score (nSPS) is 18.7. The van der Waals surface area contributed by atoms with E-state index in [1.807, 2.05) is 31.2 Å². The second-order valence-corrected chi connectivity index (χ2v) is 9.44. The minimum absolute atomic E-state index is 0.0726. The number of imidazole rings is 1. The van der Waals surface area contributed by atoms with Gasteiger partial charge in [-0.15, -0.1) is 0 Å². The fourth-order valence-corrected chi connectivity index (χ4v) is 5.64. The zero-order valence-corrected chi connectivity index (χ0v) is 17.4. The third-order valence-corrected chi connectivity index (χ3v) is 7.55. The number of hydrogen-bond acceptors (Lipinski definition) is 5. The standard InChI is InChI=1S/C22H22N4O3S/c1-15-7-4-5-12-26(15)30(28,29)17-9-6-8-16(13-17)21(27)18(14-23)22-24-19-10-2-3-11-20(19)25-22/h2-3,6,8-11,13,15,18H,4-5,7,12H2,1H3,(H,24,25). The predicted octanol–water partition coefficient (Wildman–Crippen LogP) is 3.62. The summed E-state index contributed by atoms with van der Waals surface area (Å²) in [5.74, 6) is -1.38. The quantitative estimate of drug-likeness (QED) is 0.632. The maximum Gasteiger partial charge on any atom is 0.243 e. The van der Waals surface area contributed by atoms with E-state index in [-0.39, 0.29) is 22.3 Å². The molecule has 0 bridgehead atoms. The fourth-order valence-electron chi connectivity index (χ4n) is 3.89. The molecule has 1 N–H and O–H groups in total. The van der Waals surface area contributed by atoms with Crippen LogP contribution in [0.1, 0.15) is 48.3 Å². The number of H-pyrrole nitrogens is 1. The molecule has 2 heterocycles. The molecule has 4 rings (SSSR count). The van der Waals surface area contributed by atoms with Crippen LogP contribution in [-0.2, 0) is 10.0 Å². The van der Waals surface area contributed by atoms with Crippen LogP contribution >= 0.6 is 0 Å². The number of nitrogens with zero attached hydrogens (tertiary/aromatic N) is 3. The first-order chi connectivity index (χ1) is 14.4. The summed E-state index contributed by atoms with van der Waals surface area (Å²) < 4.78 is 27.8. The van der Waals surface area contributed by atoms with Crippen LogP contribution in [0.2, 0.25) is 0 Å². The lowest BCUT2D eigenvalue weighted by molar-refractivity contribution is 0.0976. The Labute approximate surface area is 175 Å². The molecule has 1 aliphatic heterocycles. The molecule has 1 fully saturated rings. The lowest BCUT2D eigenvalue weighted by atomic mass is 9.98. The summed E-state index contributed by atoms with van der Waals surface area (Å²) in [5.41, 5.74) is 1.57. The summed E-state index contributed by atoms with van der Waals surface area (Å²) in [4.78, 5) is 20.5. The summed E-state index contributed by atoms with van der Waals surface area (Å²) >= 11 is 0. The Kier molecular flexibility index (Phi) is 5.41. The Hall–Kier alpha value is -3.02. The average Bonchev–Trinajstić information content (AvgIpc) is 3.18. The van der Waals surface area contributed by atoms with Gasteiger partial charge in [0.25, 0.3) is 0 Å². The van der Waals surface area contributed by atoms with Crippen molar-refractivity contribution in [3.8, 4) is 6.07 Å². The van der Waals surface area contributed by atoms with Gasteiger partial charge in [0.1, 0.15) is 5.82 Å². The summed E-state index contributed by atoms with van der Waals surface area (Å²) in [6.45, 7) is 2.38. The van der Waals surface area contributed by atoms with Crippen molar-refractivity contribution in [1.29, 1.82) is 5.26 Å². The largest absolute Gasteiger partial charge is 0.340 e. The van der Waals surface area contributed by atoms with Gasteiger partial charge in [-0.25, -0.2) is 13.4 Å². The smallest absolute Gasteiger partial charge is 0.243 e. The van der Waals surface area contributed by atoms with Gasteiger partial charge in [-0.2, -0.15) is 9.57 Å². The van der Waals surface area contributed by atoms with E-state index in [2.05, 4.69) is 9.97 Å². The van der Waals surface area contributed by atoms with Gasteiger partial charge in [0.15, 0.2) is 11.7 Å². The number of carbonyl (C=O) groups excluding carboxylic acids is 1. The number of benzene rings is 2. The highest BCUT2D eigenvalue weighted by Gasteiger charge is 2.32. The number of fused-ring (bicyclic) bond motifs is 1. The Bertz CT molecular complexity index is 1210. The minimum Gasteiger partial charge on any atom is -0.340 e. The van der Waals surface area contributed by atoms with Gasteiger partial charge in [-0.3, -0.25) is 4.79 Å². The molecule has 0 aliphatic carbocycles. The molecule has 8 heteroatoms. The van der Waals surface area contributed by atoms with Crippen LogP contribution in [0.15, 0.2) is 53.4 Å². The number of nitriles is 1. The van der Waals surface area contributed by atoms with Crippen LogP contribution in [0.3, 0.4) is 0 Å². The van der Waals surface area contributed by atoms with Crippen LogP contribution in [0.4, 0.5) is 0 Å². The van der Waals surface area contributed by atoms with E-state index in [4.69, 9.17) is 0 Å². The van der Waals surface area contributed by atoms with Gasteiger partial charge >= 0.3 is 0 Å². The maximum atomic E-state index is 13.1. The topological polar surface area (TPSA) is 107 Å². The lowest BCUT2D eigenvalue weighted by Crippen LogP contribution is -2.41. The predicted molar refractivity (Wildman–Crippen MR) is 112 cm³/mol. The number of piperidine rings is 1. The van der Waals surface area contributed by atoms with Crippen molar-refractivity contribution in [2.75, 3.05) is 6.54 Å². The van der Waals surface area contributed by atoms with Crippen molar-refractivity contribution >= 4 is 26.8 Å². The molecule has 1 aliphatic rings. The molecule has 0 saturated carbocycles. The van der Waals surface area contributed by atoms with Crippen LogP contribution in [0.25, 0.3) is 11.0 Å². The van der Waals surface area contributed by atoms with Gasteiger partial charge in [0.05, 0.1) is 22.0 Å². The highest BCUT2D eigenvalue weighted by Crippen LogP contribution is 2.27. The van der Waals surface area contributed by atoms with Crippen molar-refractivity contribution in [3.05, 3.63) is 59.9 Å². The number of sulfonamides is 1. The molecule has 1 aromatic heterocycles. The molecule has 30 heavy (non-hydrogen) atoms. The first-order valence-corrected chi connectivity index (χ1v) is 11.4. The molecule has 154 valence electrons. The molecule has 7 nitrogen and oxygen atoms in total. The summed E-state index contributed by atoms with van der Waals surface area (Å²) in [6.07, 6.45) is 2.65. The molecular weight excluding hydrogens is 400 g/mol. The highest BCUT2D eigenvalue weighted by atomic mass is 32.2. The van der Waals surface area contributed by atoms with Crippen LogP contribution in [0.5, 0.6) is 0 Å². The fraction of sp³-hybridized carbons (Fsp3) is 0.318. The Balaban J connectivity index is 1.67. The second kappa shape index (κ2) is 8.01. The molecular formula is C22H22N4O3S. The Morgan fingerprint density at radius 1 is 1.23 bits per heavy atom. The molecule has 3 aromatic rings. The van der Waals surface area contributed by atoms with Crippen LogP contribution in [0, 0.1) is 11.3 Å². The van der Waals surface area contributed by atoms with E-state index in [1.165, 1.54) is 22.5 Å². The number of aromatic amines is 1. The molecule has 1 saturated heterocycles. The van der Waals surface area contributed by atoms with Gasteiger partial charge in [-0.1, -0.05) is 30.7 Å². The second-order valence-electron chi connectivity index (χ2n) is 7.55. The first-order valence-electron chi connectivity index (χ1n) is 9.92. The van der Waals surface area contributed by atoms with Gasteiger partial charge in [-0.05, 0) is 44.0 Å². The van der Waals surface area contributed by atoms with E-state index in [1.54, 1.807) is 12.1 Å². The van der Waals surface area contributed by atoms with Crippen molar-refractivity contribution in [1.82, 2.24) is 14.3 Å². The maximum absolute atomic E-state index is 13.1. The van der Waals surface area contributed by atoms with Gasteiger partial charge in [0.2, 0.25) is 10.0 Å². The van der Waals surface area contributed by atoms with Gasteiger partial charge in [0, 0.05) is 18.2 Å². The molecule has 2 atom stereocenters. The highest BCUT2D eigenvalue weighted by molar-refractivity contribution is 7.89. The Morgan fingerprint density at radius 3 is 2.77 bits per heavy atom. The first kappa shape index (κ1) is 20.3. The molecule has 2 aromatic carbocycles. The van der Waals surface area contributed by atoms with Crippen molar-refractivity contribution in [2.24, 2.45) is 0 Å². The van der Waals surface area contributed by atoms with E-state index >= 15 is 0 Å². The number of nitrogens with one attached hydrogen (secondary N) is 1. The SMILES string of the molecule is CC1CCCCN1S(=O)(=O)c1cccc(C(=O)C(C#N)c2nc3ccccc3[nH]2)c1. The molecule has 2 unspecified atom stereocenters. The third kappa shape index (κ3) is 3.62. The number of rotatable bonds is 5. The number of ketones is 1. The number of para-hydroxylation sites is 2. The van der Waals surface area contributed by atoms with E-state index in [0.29, 0.717) is 12.1 Å². The Morgan fingerprint density at radius 2 is 2.03 bits per heavy atom. The number of aromatic nitrogens is 2. The van der Waals surface area contributed by atoms with Crippen molar-refractivity contribution < 1.29 is 13.2 Å². The van der Waals surface area contributed by atoms with Gasteiger partial charge < -0.3 is 4.98 Å².